The molecule has 1 aliphatic carbocycles. The van der Waals surface area contributed by atoms with E-state index in [1.54, 1.807) is 6.08 Å². The van der Waals surface area contributed by atoms with Gasteiger partial charge in [-0.25, -0.2) is 9.97 Å². The molecule has 0 N–H and O–H groups in total. The molecule has 7 aromatic rings. The second-order valence-corrected chi connectivity index (χ2v) is 12.6. The van der Waals surface area contributed by atoms with Crippen molar-refractivity contribution in [3.8, 4) is 67.3 Å². The zero-order valence-electron chi connectivity index (χ0n) is 27.9. The molecule has 2 aromatic heterocycles. The summed E-state index contributed by atoms with van der Waals surface area (Å²) in [7, 11) is 0. The maximum atomic E-state index is 5.34. The standard InChI is InChI=1S/C47H35N3/c1-3-4-6-13-32(2)33-19-21-34(22-20-33)39-28-40(35-23-25-36(26-24-35)43-18-11-12-27-48-43)30-41(29-39)46-45-42-17-10-9-16-38(42)31-44(45)49-47(50-46)37-14-7-5-8-15-37/h3-30H,1,31H2,2H3/b6-4-,32-13+. The molecule has 3 nitrogen and oxygen atoms in total. The Labute approximate surface area is 293 Å². The third-order valence-electron chi connectivity index (χ3n) is 9.31. The van der Waals surface area contributed by atoms with E-state index in [-0.39, 0.29) is 0 Å². The van der Waals surface area contributed by atoms with E-state index in [9.17, 15) is 0 Å². The molecule has 238 valence electrons. The average Bonchev–Trinajstić information content (AvgIpc) is 3.57. The number of hydrogen-bond acceptors (Lipinski definition) is 3. The highest BCUT2D eigenvalue weighted by Gasteiger charge is 2.26. The quantitative estimate of drug-likeness (QED) is 0.155. The highest BCUT2D eigenvalue weighted by molar-refractivity contribution is 5.91. The number of rotatable bonds is 8. The molecule has 5 aromatic carbocycles. The molecular weight excluding hydrogens is 607 g/mol. The maximum absolute atomic E-state index is 5.34. The van der Waals surface area contributed by atoms with Gasteiger partial charge in [-0.2, -0.15) is 0 Å². The number of hydrogen-bond donors (Lipinski definition) is 0. The molecule has 0 saturated carbocycles. The van der Waals surface area contributed by atoms with Crippen LogP contribution in [0.15, 0.2) is 177 Å². The molecule has 0 fully saturated rings. The third kappa shape index (κ3) is 6.13. The summed E-state index contributed by atoms with van der Waals surface area (Å²) in [6.45, 7) is 5.91. The first-order chi connectivity index (χ1) is 24.6. The van der Waals surface area contributed by atoms with Crippen molar-refractivity contribution >= 4 is 5.57 Å². The summed E-state index contributed by atoms with van der Waals surface area (Å²) in [5.74, 6) is 0.746. The van der Waals surface area contributed by atoms with Gasteiger partial charge in [0, 0.05) is 34.9 Å². The Balaban J connectivity index is 1.30. The van der Waals surface area contributed by atoms with E-state index in [4.69, 9.17) is 9.97 Å². The highest BCUT2D eigenvalue weighted by Crippen LogP contribution is 2.44. The molecule has 0 atom stereocenters. The van der Waals surface area contributed by atoms with E-state index in [0.717, 1.165) is 73.8 Å². The van der Waals surface area contributed by atoms with Crippen molar-refractivity contribution in [3.63, 3.8) is 0 Å². The lowest BCUT2D eigenvalue weighted by Crippen LogP contribution is -1.99. The molecule has 50 heavy (non-hydrogen) atoms. The van der Waals surface area contributed by atoms with Gasteiger partial charge in [0.05, 0.1) is 17.1 Å². The van der Waals surface area contributed by atoms with Crippen LogP contribution in [-0.4, -0.2) is 15.0 Å². The summed E-state index contributed by atoms with van der Waals surface area (Å²) >= 11 is 0. The Morgan fingerprint density at radius 2 is 1.26 bits per heavy atom. The number of nitrogens with zero attached hydrogens (tertiary/aromatic N) is 3. The van der Waals surface area contributed by atoms with E-state index in [1.165, 1.54) is 22.3 Å². The number of aromatic nitrogens is 3. The summed E-state index contributed by atoms with van der Waals surface area (Å²) in [4.78, 5) is 15.0. The molecule has 0 bridgehead atoms. The minimum absolute atomic E-state index is 0.746. The van der Waals surface area contributed by atoms with E-state index >= 15 is 0 Å². The second-order valence-electron chi connectivity index (χ2n) is 12.6. The number of benzene rings is 5. The van der Waals surface area contributed by atoms with Gasteiger partial charge in [-0.1, -0.05) is 140 Å². The zero-order chi connectivity index (χ0) is 33.9. The Kier molecular flexibility index (Phi) is 8.38. The van der Waals surface area contributed by atoms with Gasteiger partial charge in [0.15, 0.2) is 5.82 Å². The van der Waals surface area contributed by atoms with Crippen LogP contribution >= 0.6 is 0 Å². The number of pyridine rings is 1. The van der Waals surface area contributed by atoms with Gasteiger partial charge in [0.1, 0.15) is 0 Å². The topological polar surface area (TPSA) is 38.7 Å². The van der Waals surface area contributed by atoms with Crippen LogP contribution in [0, 0.1) is 0 Å². The SMILES string of the molecule is C=C/C=C\C=C(/C)c1ccc(-c2cc(-c3ccc(-c4ccccn4)cc3)cc(-c3nc(-c4ccccc4)nc4c3-c3ccccc3C4)c2)cc1. The molecule has 2 heterocycles. The van der Waals surface area contributed by atoms with E-state index < -0.39 is 0 Å². The third-order valence-corrected chi connectivity index (χ3v) is 9.31. The first-order valence-corrected chi connectivity index (χ1v) is 16.9. The average molecular weight is 642 g/mol. The van der Waals surface area contributed by atoms with Crippen molar-refractivity contribution in [2.24, 2.45) is 0 Å². The van der Waals surface area contributed by atoms with E-state index in [2.05, 4.69) is 128 Å². The zero-order valence-corrected chi connectivity index (χ0v) is 27.9. The Hall–Kier alpha value is -6.45. The Morgan fingerprint density at radius 3 is 1.98 bits per heavy atom. The van der Waals surface area contributed by atoms with Crippen LogP contribution in [0.4, 0.5) is 0 Å². The van der Waals surface area contributed by atoms with Crippen LogP contribution in [0.1, 0.15) is 23.7 Å². The summed E-state index contributed by atoms with van der Waals surface area (Å²) in [5.41, 5.74) is 16.7. The van der Waals surface area contributed by atoms with E-state index in [0.29, 0.717) is 0 Å². The molecule has 0 aliphatic heterocycles. The van der Waals surface area contributed by atoms with Crippen molar-refractivity contribution in [3.05, 3.63) is 193 Å². The fourth-order valence-corrected chi connectivity index (χ4v) is 6.71. The van der Waals surface area contributed by atoms with Crippen LogP contribution in [0.5, 0.6) is 0 Å². The van der Waals surface area contributed by atoms with Crippen LogP contribution in [0.3, 0.4) is 0 Å². The first kappa shape index (κ1) is 30.9. The van der Waals surface area contributed by atoms with E-state index in [1.807, 2.05) is 54.7 Å². The molecule has 0 radical (unpaired) electrons. The van der Waals surface area contributed by atoms with Crippen LogP contribution in [0.25, 0.3) is 72.9 Å². The molecular formula is C47H35N3. The van der Waals surface area contributed by atoms with Crippen molar-refractivity contribution in [1.82, 2.24) is 15.0 Å². The van der Waals surface area contributed by atoms with Gasteiger partial charge in [-0.15, -0.1) is 0 Å². The van der Waals surface area contributed by atoms with Crippen molar-refractivity contribution in [1.29, 1.82) is 0 Å². The minimum atomic E-state index is 0.746. The number of allylic oxidation sites excluding steroid dienone is 5. The predicted octanol–water partition coefficient (Wildman–Crippen LogP) is 11.9. The fourth-order valence-electron chi connectivity index (χ4n) is 6.71. The molecule has 0 spiro atoms. The monoisotopic (exact) mass is 641 g/mol. The molecule has 0 unspecified atom stereocenters. The van der Waals surface area contributed by atoms with Crippen molar-refractivity contribution < 1.29 is 0 Å². The molecule has 3 heteroatoms. The molecule has 0 amide bonds. The highest BCUT2D eigenvalue weighted by atomic mass is 14.9. The van der Waals surface area contributed by atoms with Crippen molar-refractivity contribution in [2.45, 2.75) is 13.3 Å². The normalized spacial score (nSPS) is 12.1. The number of fused-ring (bicyclic) bond motifs is 3. The lowest BCUT2D eigenvalue weighted by Gasteiger charge is -2.15. The molecule has 0 saturated heterocycles. The van der Waals surface area contributed by atoms with Gasteiger partial charge >= 0.3 is 0 Å². The molecule has 1 aliphatic rings. The lowest BCUT2D eigenvalue weighted by atomic mass is 9.91. The van der Waals surface area contributed by atoms with Gasteiger partial charge in [-0.05, 0) is 81.8 Å². The Bertz CT molecular complexity index is 2390. The minimum Gasteiger partial charge on any atom is -0.256 e. The largest absolute Gasteiger partial charge is 0.256 e. The van der Waals surface area contributed by atoms with Crippen LogP contribution in [0.2, 0.25) is 0 Å². The maximum Gasteiger partial charge on any atom is 0.160 e. The van der Waals surface area contributed by atoms with Gasteiger partial charge < -0.3 is 0 Å². The summed E-state index contributed by atoms with van der Waals surface area (Å²) in [5, 5.41) is 0. The predicted molar refractivity (Wildman–Crippen MR) is 208 cm³/mol. The summed E-state index contributed by atoms with van der Waals surface area (Å²) in [6.07, 6.45) is 10.5. The van der Waals surface area contributed by atoms with Gasteiger partial charge in [0.25, 0.3) is 0 Å². The van der Waals surface area contributed by atoms with Gasteiger partial charge in [0.2, 0.25) is 0 Å². The van der Waals surface area contributed by atoms with Crippen molar-refractivity contribution in [2.75, 3.05) is 0 Å². The summed E-state index contributed by atoms with van der Waals surface area (Å²) in [6, 6.07) is 49.3. The lowest BCUT2D eigenvalue weighted by molar-refractivity contribution is 1.08. The first-order valence-electron chi connectivity index (χ1n) is 16.9. The van der Waals surface area contributed by atoms with Gasteiger partial charge in [-0.3, -0.25) is 4.98 Å². The van der Waals surface area contributed by atoms with Crippen LogP contribution < -0.4 is 0 Å². The fraction of sp³-hybridized carbons (Fsp3) is 0.0426. The second kappa shape index (κ2) is 13.6. The smallest absolute Gasteiger partial charge is 0.160 e. The Morgan fingerprint density at radius 1 is 0.600 bits per heavy atom. The summed E-state index contributed by atoms with van der Waals surface area (Å²) < 4.78 is 0. The van der Waals surface area contributed by atoms with Crippen LogP contribution in [-0.2, 0) is 6.42 Å². The molecule has 8 rings (SSSR count).